The number of hydrogen-bond acceptors (Lipinski definition) is 3. The number of aryl methyl sites for hydroxylation is 1. The van der Waals surface area contributed by atoms with Crippen molar-refractivity contribution in [3.05, 3.63) is 48.2 Å². The number of benzene rings is 1. The first-order valence-electron chi connectivity index (χ1n) is 14.0. The number of rotatable bonds is 14. The summed E-state index contributed by atoms with van der Waals surface area (Å²) in [6.45, 7) is 4.51. The van der Waals surface area contributed by atoms with E-state index in [0.29, 0.717) is 5.75 Å². The minimum absolute atomic E-state index is 0.0569. The van der Waals surface area contributed by atoms with Gasteiger partial charge in [0, 0.05) is 11.8 Å². The zero-order valence-corrected chi connectivity index (χ0v) is 21.6. The van der Waals surface area contributed by atoms with Gasteiger partial charge in [0.2, 0.25) is 0 Å². The Labute approximate surface area is 207 Å². The van der Waals surface area contributed by atoms with Crippen molar-refractivity contribution in [2.24, 2.45) is 11.8 Å². The van der Waals surface area contributed by atoms with Crippen molar-refractivity contribution in [1.82, 2.24) is 4.98 Å². The molecule has 0 spiro atoms. The van der Waals surface area contributed by atoms with Gasteiger partial charge in [-0.3, -0.25) is 9.78 Å². The monoisotopic (exact) mass is 463 g/mol. The van der Waals surface area contributed by atoms with Crippen LogP contribution in [0.15, 0.2) is 42.6 Å². The summed E-state index contributed by atoms with van der Waals surface area (Å²) >= 11 is 0. The van der Waals surface area contributed by atoms with Gasteiger partial charge in [-0.25, -0.2) is 0 Å². The van der Waals surface area contributed by atoms with Crippen molar-refractivity contribution in [3.8, 4) is 17.0 Å². The average molecular weight is 464 g/mol. The third-order valence-corrected chi connectivity index (χ3v) is 7.41. The van der Waals surface area contributed by atoms with Gasteiger partial charge in [0.05, 0.1) is 11.6 Å². The molecule has 0 aliphatic heterocycles. The lowest BCUT2D eigenvalue weighted by atomic mass is 9.80. The lowest BCUT2D eigenvalue weighted by Gasteiger charge is -2.27. The molecule has 1 aliphatic carbocycles. The molecule has 34 heavy (non-hydrogen) atoms. The maximum Gasteiger partial charge on any atom is 0.314 e. The zero-order chi connectivity index (χ0) is 24.0. The quantitative estimate of drug-likeness (QED) is 0.159. The molecule has 0 unspecified atom stereocenters. The highest BCUT2D eigenvalue weighted by molar-refractivity contribution is 5.75. The number of unbranched alkanes of at least 4 members (excludes halogenated alkanes) is 7. The van der Waals surface area contributed by atoms with Crippen molar-refractivity contribution < 1.29 is 9.53 Å². The molecular formula is C31H45NO2. The SMILES string of the molecule is CCCCCCCc1ccc(-c2ccc(OC(=O)[C@H]3CC[C@H](CCCCCC)CC3)cc2)nc1. The second kappa shape index (κ2) is 15.0. The molecule has 3 nitrogen and oxygen atoms in total. The van der Waals surface area contributed by atoms with Crippen molar-refractivity contribution in [3.63, 3.8) is 0 Å². The molecule has 0 saturated heterocycles. The van der Waals surface area contributed by atoms with Gasteiger partial charge in [-0.1, -0.05) is 77.7 Å². The van der Waals surface area contributed by atoms with Crippen LogP contribution in [0.3, 0.4) is 0 Å². The lowest BCUT2D eigenvalue weighted by Crippen LogP contribution is -2.25. The van der Waals surface area contributed by atoms with Crippen molar-refractivity contribution in [1.29, 1.82) is 0 Å². The van der Waals surface area contributed by atoms with Crippen molar-refractivity contribution in [2.45, 2.75) is 110 Å². The maximum absolute atomic E-state index is 12.7. The maximum atomic E-state index is 12.7. The van der Waals surface area contributed by atoms with E-state index < -0.39 is 0 Å². The van der Waals surface area contributed by atoms with E-state index in [2.05, 4.69) is 31.0 Å². The second-order valence-corrected chi connectivity index (χ2v) is 10.2. The number of ether oxygens (including phenoxy) is 1. The van der Waals surface area contributed by atoms with Gasteiger partial charge in [-0.15, -0.1) is 0 Å². The smallest absolute Gasteiger partial charge is 0.314 e. The average Bonchev–Trinajstić information content (AvgIpc) is 2.88. The van der Waals surface area contributed by atoms with Crippen LogP contribution in [-0.2, 0) is 11.2 Å². The van der Waals surface area contributed by atoms with Crippen LogP contribution >= 0.6 is 0 Å². The Morgan fingerprint density at radius 1 is 0.824 bits per heavy atom. The largest absolute Gasteiger partial charge is 0.426 e. The van der Waals surface area contributed by atoms with Crippen LogP contribution < -0.4 is 4.74 Å². The first-order valence-corrected chi connectivity index (χ1v) is 14.0. The Hall–Kier alpha value is -2.16. The third-order valence-electron chi connectivity index (χ3n) is 7.41. The number of carbonyl (C=O) groups excluding carboxylic acids is 1. The fraction of sp³-hybridized carbons (Fsp3) is 0.613. The summed E-state index contributed by atoms with van der Waals surface area (Å²) in [5.41, 5.74) is 3.32. The predicted molar refractivity (Wildman–Crippen MR) is 142 cm³/mol. The standard InChI is InChI=1S/C31H45NO2/c1-3-5-7-9-11-13-26-16-23-30(32-24-26)27-19-21-29(22-20-27)34-31(33)28-17-14-25(15-18-28)12-10-8-6-4-2/h16,19-25,28H,3-15,17-18H2,1-2H3/t25-,28-. The Balaban J connectivity index is 1.41. The summed E-state index contributed by atoms with van der Waals surface area (Å²) in [7, 11) is 0. The van der Waals surface area contributed by atoms with E-state index >= 15 is 0 Å². The Bertz CT molecular complexity index is 820. The lowest BCUT2D eigenvalue weighted by molar-refractivity contribution is -0.140. The molecule has 0 N–H and O–H groups in total. The van der Waals surface area contributed by atoms with E-state index in [1.54, 1.807) is 0 Å². The summed E-state index contributed by atoms with van der Waals surface area (Å²) in [6, 6.07) is 12.1. The summed E-state index contributed by atoms with van der Waals surface area (Å²) < 4.78 is 5.73. The number of esters is 1. The molecule has 3 heteroatoms. The predicted octanol–water partition coefficient (Wildman–Crippen LogP) is 8.94. The van der Waals surface area contributed by atoms with Crippen LogP contribution in [0, 0.1) is 11.8 Å². The van der Waals surface area contributed by atoms with Crippen LogP contribution in [0.4, 0.5) is 0 Å². The van der Waals surface area contributed by atoms with Gasteiger partial charge in [0.25, 0.3) is 0 Å². The molecule has 0 amide bonds. The molecule has 0 bridgehead atoms. The van der Waals surface area contributed by atoms with Crippen LogP contribution in [0.1, 0.15) is 109 Å². The molecule has 186 valence electrons. The Kier molecular flexibility index (Phi) is 11.6. The first-order chi connectivity index (χ1) is 16.7. The van der Waals surface area contributed by atoms with Crippen molar-refractivity contribution in [2.75, 3.05) is 0 Å². The van der Waals surface area contributed by atoms with E-state index in [-0.39, 0.29) is 11.9 Å². The molecule has 1 saturated carbocycles. The normalized spacial score (nSPS) is 18.1. The summed E-state index contributed by atoms with van der Waals surface area (Å²) in [6.07, 6.45) is 20.6. The van der Waals surface area contributed by atoms with E-state index in [1.807, 2.05) is 30.5 Å². The highest BCUT2D eigenvalue weighted by Crippen LogP contribution is 2.33. The zero-order valence-electron chi connectivity index (χ0n) is 21.6. The highest BCUT2D eigenvalue weighted by Gasteiger charge is 2.27. The summed E-state index contributed by atoms with van der Waals surface area (Å²) in [4.78, 5) is 17.3. The molecule has 1 aromatic heterocycles. The topological polar surface area (TPSA) is 39.2 Å². The molecule has 1 aromatic carbocycles. The van der Waals surface area contributed by atoms with Crippen LogP contribution in [0.25, 0.3) is 11.3 Å². The molecule has 3 rings (SSSR count). The van der Waals surface area contributed by atoms with Crippen LogP contribution in [0.5, 0.6) is 5.75 Å². The minimum Gasteiger partial charge on any atom is -0.426 e. The number of carbonyl (C=O) groups is 1. The number of nitrogens with zero attached hydrogens (tertiary/aromatic N) is 1. The number of hydrogen-bond donors (Lipinski definition) is 0. The highest BCUT2D eigenvalue weighted by atomic mass is 16.5. The molecule has 1 heterocycles. The van der Waals surface area contributed by atoms with E-state index in [4.69, 9.17) is 4.74 Å². The van der Waals surface area contributed by atoms with Gasteiger partial charge in [0.15, 0.2) is 0 Å². The Morgan fingerprint density at radius 2 is 1.50 bits per heavy atom. The molecule has 2 aromatic rings. The Morgan fingerprint density at radius 3 is 2.15 bits per heavy atom. The molecule has 0 radical (unpaired) electrons. The fourth-order valence-corrected chi connectivity index (χ4v) is 5.12. The van der Waals surface area contributed by atoms with Gasteiger partial charge in [-0.2, -0.15) is 0 Å². The second-order valence-electron chi connectivity index (χ2n) is 10.2. The van der Waals surface area contributed by atoms with E-state index in [9.17, 15) is 4.79 Å². The molecule has 1 fully saturated rings. The number of pyridine rings is 1. The van der Waals surface area contributed by atoms with Gasteiger partial charge in [-0.05, 0) is 80.3 Å². The third kappa shape index (κ3) is 8.89. The summed E-state index contributed by atoms with van der Waals surface area (Å²) in [5, 5.41) is 0. The van der Waals surface area contributed by atoms with Crippen LogP contribution in [0.2, 0.25) is 0 Å². The fourth-order valence-electron chi connectivity index (χ4n) is 5.12. The van der Waals surface area contributed by atoms with E-state index in [0.717, 1.165) is 36.4 Å². The van der Waals surface area contributed by atoms with Crippen molar-refractivity contribution >= 4 is 5.97 Å². The molecular weight excluding hydrogens is 418 g/mol. The molecule has 0 atom stereocenters. The minimum atomic E-state index is -0.0569. The first kappa shape index (κ1) is 26.4. The van der Waals surface area contributed by atoms with Crippen LogP contribution in [-0.4, -0.2) is 11.0 Å². The van der Waals surface area contributed by atoms with Gasteiger partial charge in [0.1, 0.15) is 5.75 Å². The van der Waals surface area contributed by atoms with Gasteiger partial charge < -0.3 is 4.74 Å². The van der Waals surface area contributed by atoms with E-state index in [1.165, 1.54) is 82.6 Å². The molecule has 1 aliphatic rings. The van der Waals surface area contributed by atoms with Gasteiger partial charge >= 0.3 is 5.97 Å². The summed E-state index contributed by atoms with van der Waals surface area (Å²) in [5.74, 6) is 1.45. The number of aromatic nitrogens is 1.